The molecule has 6 nitrogen and oxygen atoms in total. The van der Waals surface area contributed by atoms with E-state index in [1.807, 2.05) is 4.90 Å². The molecule has 1 heterocycles. The summed E-state index contributed by atoms with van der Waals surface area (Å²) in [4.78, 5) is 8.14. The lowest BCUT2D eigenvalue weighted by Crippen LogP contribution is -2.49. The first-order valence-corrected chi connectivity index (χ1v) is 4.22. The molecule has 74 valence electrons. The lowest BCUT2D eigenvalue weighted by Gasteiger charge is -2.32. The first-order chi connectivity index (χ1) is 6.24. The molecule has 6 heteroatoms. The molecule has 0 atom stereocenters. The minimum Gasteiger partial charge on any atom is -0.369 e. The van der Waals surface area contributed by atoms with E-state index < -0.39 is 0 Å². The fraction of sp³-hybridized carbons (Fsp3) is 0.714. The second kappa shape index (κ2) is 4.66. The second-order valence-electron chi connectivity index (χ2n) is 3.04. The maximum absolute atomic E-state index is 5.69. The highest BCUT2D eigenvalue weighted by molar-refractivity contribution is 5.85. The number of hydrogen-bond acceptors (Lipinski definition) is 3. The fourth-order valence-electron chi connectivity index (χ4n) is 1.21. The van der Waals surface area contributed by atoms with Gasteiger partial charge in [-0.25, -0.2) is 4.99 Å². The van der Waals surface area contributed by atoms with Gasteiger partial charge in [-0.1, -0.05) is 0 Å². The summed E-state index contributed by atoms with van der Waals surface area (Å²) in [5.41, 5.74) is 5.69. The normalized spacial score (nSPS) is 21.3. The third-order valence-corrected chi connectivity index (χ3v) is 2.08. The van der Waals surface area contributed by atoms with Crippen molar-refractivity contribution in [1.29, 1.82) is 0 Å². The molecule has 1 fully saturated rings. The molecular formula is C7H16N6. The standard InChI is InChI=1S/C7H16N6/c1-12-2-4-13(5-3-12)7(8)10-6-11-9/h6H,2-5,9H2,1H3,(H2,8,10,11). The van der Waals surface area contributed by atoms with Gasteiger partial charge in [-0.15, -0.1) is 0 Å². The summed E-state index contributed by atoms with van der Waals surface area (Å²) in [6.45, 7) is 3.83. The van der Waals surface area contributed by atoms with Crippen LogP contribution in [0.5, 0.6) is 0 Å². The Labute approximate surface area is 77.9 Å². The van der Waals surface area contributed by atoms with Crippen molar-refractivity contribution in [1.82, 2.24) is 9.80 Å². The SMILES string of the molecule is CN1CCN(C(N)=NC=NN)CC1. The largest absolute Gasteiger partial charge is 0.369 e. The monoisotopic (exact) mass is 184 g/mol. The number of piperazine rings is 1. The number of hydrogen-bond donors (Lipinski definition) is 2. The molecule has 0 aromatic rings. The number of nitrogens with two attached hydrogens (primary N) is 2. The van der Waals surface area contributed by atoms with E-state index in [1.165, 1.54) is 6.34 Å². The van der Waals surface area contributed by atoms with E-state index in [2.05, 4.69) is 22.0 Å². The molecule has 13 heavy (non-hydrogen) atoms. The first-order valence-electron chi connectivity index (χ1n) is 4.22. The van der Waals surface area contributed by atoms with Crippen LogP contribution in [0.2, 0.25) is 0 Å². The van der Waals surface area contributed by atoms with Crippen molar-refractivity contribution >= 4 is 12.3 Å². The van der Waals surface area contributed by atoms with Crippen molar-refractivity contribution in [3.05, 3.63) is 0 Å². The van der Waals surface area contributed by atoms with Crippen LogP contribution in [0.3, 0.4) is 0 Å². The summed E-state index contributed by atoms with van der Waals surface area (Å²) in [6.07, 6.45) is 1.26. The predicted octanol–water partition coefficient (Wildman–Crippen LogP) is -1.55. The maximum atomic E-state index is 5.69. The third-order valence-electron chi connectivity index (χ3n) is 2.08. The predicted molar refractivity (Wildman–Crippen MR) is 53.4 cm³/mol. The third kappa shape index (κ3) is 2.90. The highest BCUT2D eigenvalue weighted by Gasteiger charge is 2.14. The van der Waals surface area contributed by atoms with Gasteiger partial charge in [-0.2, -0.15) is 5.10 Å². The average Bonchev–Trinajstić information content (AvgIpc) is 2.15. The molecule has 1 rings (SSSR count). The summed E-state index contributed by atoms with van der Waals surface area (Å²) < 4.78 is 0. The second-order valence-corrected chi connectivity index (χ2v) is 3.04. The topological polar surface area (TPSA) is 83.2 Å². The number of likely N-dealkylation sites (N-methyl/N-ethyl adjacent to an activating group) is 1. The number of nitrogens with zero attached hydrogens (tertiary/aromatic N) is 4. The van der Waals surface area contributed by atoms with Crippen molar-refractivity contribution in [3.63, 3.8) is 0 Å². The smallest absolute Gasteiger partial charge is 0.197 e. The molecule has 0 aliphatic carbocycles. The summed E-state index contributed by atoms with van der Waals surface area (Å²) in [5, 5.41) is 3.26. The Balaban J connectivity index is 2.44. The van der Waals surface area contributed by atoms with E-state index in [9.17, 15) is 0 Å². The number of hydrazone groups is 1. The molecule has 4 N–H and O–H groups in total. The summed E-state index contributed by atoms with van der Waals surface area (Å²) >= 11 is 0. The minimum atomic E-state index is 0.488. The van der Waals surface area contributed by atoms with Gasteiger partial charge in [0.15, 0.2) is 5.96 Å². The number of aliphatic imine (C=N–C) groups is 1. The molecule has 0 aromatic carbocycles. The summed E-state index contributed by atoms with van der Waals surface area (Å²) in [7, 11) is 2.09. The van der Waals surface area contributed by atoms with Gasteiger partial charge in [0.25, 0.3) is 0 Å². The van der Waals surface area contributed by atoms with Crippen molar-refractivity contribution in [2.24, 2.45) is 21.7 Å². The van der Waals surface area contributed by atoms with Gasteiger partial charge in [0.05, 0.1) is 0 Å². The van der Waals surface area contributed by atoms with Gasteiger partial charge >= 0.3 is 0 Å². The molecule has 0 spiro atoms. The highest BCUT2D eigenvalue weighted by Crippen LogP contribution is 1.97. The molecule has 1 aliphatic heterocycles. The molecule has 0 amide bonds. The van der Waals surface area contributed by atoms with Gasteiger partial charge in [-0.05, 0) is 7.05 Å². The van der Waals surface area contributed by atoms with Crippen molar-refractivity contribution in [2.75, 3.05) is 33.2 Å². The molecular weight excluding hydrogens is 168 g/mol. The quantitative estimate of drug-likeness (QED) is 0.224. The van der Waals surface area contributed by atoms with Gasteiger partial charge in [-0.3, -0.25) is 0 Å². The van der Waals surface area contributed by atoms with Crippen LogP contribution >= 0.6 is 0 Å². The molecule has 0 bridgehead atoms. The van der Waals surface area contributed by atoms with Gasteiger partial charge in [0.2, 0.25) is 0 Å². The summed E-state index contributed by atoms with van der Waals surface area (Å²) in [6, 6.07) is 0. The zero-order valence-electron chi connectivity index (χ0n) is 7.85. The Kier molecular flexibility index (Phi) is 3.51. The van der Waals surface area contributed by atoms with E-state index in [0.29, 0.717) is 5.96 Å². The Morgan fingerprint density at radius 3 is 2.46 bits per heavy atom. The van der Waals surface area contributed by atoms with E-state index in [1.54, 1.807) is 0 Å². The maximum Gasteiger partial charge on any atom is 0.197 e. The van der Waals surface area contributed by atoms with Gasteiger partial charge < -0.3 is 21.4 Å². The zero-order chi connectivity index (χ0) is 9.68. The molecule has 0 aromatic heterocycles. The van der Waals surface area contributed by atoms with Crippen LogP contribution in [0.15, 0.2) is 10.1 Å². The zero-order valence-corrected chi connectivity index (χ0v) is 7.85. The van der Waals surface area contributed by atoms with Crippen LogP contribution in [0.1, 0.15) is 0 Å². The lowest BCUT2D eigenvalue weighted by atomic mass is 10.3. The van der Waals surface area contributed by atoms with Crippen molar-refractivity contribution in [3.8, 4) is 0 Å². The van der Waals surface area contributed by atoms with Gasteiger partial charge in [0, 0.05) is 26.2 Å². The molecule has 1 saturated heterocycles. The highest BCUT2D eigenvalue weighted by atomic mass is 15.3. The number of guanidine groups is 1. The summed E-state index contributed by atoms with van der Waals surface area (Å²) in [5.74, 6) is 5.40. The number of rotatable bonds is 1. The van der Waals surface area contributed by atoms with Crippen LogP contribution < -0.4 is 11.6 Å². The first kappa shape index (κ1) is 9.79. The van der Waals surface area contributed by atoms with Crippen LogP contribution in [0.25, 0.3) is 0 Å². The molecule has 0 saturated carbocycles. The molecule has 0 radical (unpaired) electrons. The minimum absolute atomic E-state index is 0.488. The lowest BCUT2D eigenvalue weighted by molar-refractivity contribution is 0.214. The van der Waals surface area contributed by atoms with Crippen LogP contribution in [-0.4, -0.2) is 55.3 Å². The Hall–Kier alpha value is -1.30. The van der Waals surface area contributed by atoms with Crippen LogP contribution in [-0.2, 0) is 0 Å². The fourth-order valence-corrected chi connectivity index (χ4v) is 1.21. The van der Waals surface area contributed by atoms with Crippen LogP contribution in [0.4, 0.5) is 0 Å². The van der Waals surface area contributed by atoms with Crippen LogP contribution in [0, 0.1) is 0 Å². The Morgan fingerprint density at radius 1 is 1.31 bits per heavy atom. The molecule has 0 unspecified atom stereocenters. The molecule has 1 aliphatic rings. The Morgan fingerprint density at radius 2 is 1.92 bits per heavy atom. The van der Waals surface area contributed by atoms with E-state index in [-0.39, 0.29) is 0 Å². The average molecular weight is 184 g/mol. The van der Waals surface area contributed by atoms with Gasteiger partial charge in [0.1, 0.15) is 6.34 Å². The van der Waals surface area contributed by atoms with Crippen molar-refractivity contribution < 1.29 is 0 Å². The van der Waals surface area contributed by atoms with E-state index >= 15 is 0 Å². The van der Waals surface area contributed by atoms with E-state index in [4.69, 9.17) is 11.6 Å². The van der Waals surface area contributed by atoms with Crippen molar-refractivity contribution in [2.45, 2.75) is 0 Å². The van der Waals surface area contributed by atoms with E-state index in [0.717, 1.165) is 26.2 Å². The Bertz CT molecular complexity index is 203.